The molecule has 1 aliphatic carbocycles. The zero-order chi connectivity index (χ0) is 14.6. The molecule has 1 aliphatic heterocycles. The Hall–Kier alpha value is -0.120. The number of hydrogen-bond acceptors (Lipinski definition) is 3. The predicted octanol–water partition coefficient (Wildman–Crippen LogP) is 2.57. The van der Waals surface area contributed by atoms with Crippen LogP contribution in [0.25, 0.3) is 0 Å². The van der Waals surface area contributed by atoms with Gasteiger partial charge >= 0.3 is 0 Å². The Kier molecular flexibility index (Phi) is 5.49. The molecule has 0 amide bonds. The summed E-state index contributed by atoms with van der Waals surface area (Å²) in [7, 11) is 0. The van der Waals surface area contributed by atoms with Gasteiger partial charge in [0.25, 0.3) is 0 Å². The van der Waals surface area contributed by atoms with Crippen molar-refractivity contribution in [2.45, 2.75) is 58.9 Å². The van der Waals surface area contributed by atoms with E-state index in [4.69, 9.17) is 0 Å². The monoisotopic (exact) mass is 281 g/mol. The molecule has 2 fully saturated rings. The van der Waals surface area contributed by atoms with E-state index in [9.17, 15) is 0 Å². The summed E-state index contributed by atoms with van der Waals surface area (Å²) in [4.78, 5) is 5.30. The molecule has 1 heterocycles. The standard InChI is InChI=1S/C17H35N3/c1-5-19-10-12-20(13-11-19)15-17(8-6-7-9-17)14-18-16(2,3)4/h18H,5-15H2,1-4H3. The van der Waals surface area contributed by atoms with Crippen molar-refractivity contribution in [1.82, 2.24) is 15.1 Å². The molecule has 0 spiro atoms. The molecule has 2 aliphatic rings. The second-order valence-corrected chi connectivity index (χ2v) is 8.02. The Morgan fingerprint density at radius 2 is 1.50 bits per heavy atom. The topological polar surface area (TPSA) is 18.5 Å². The zero-order valence-corrected chi connectivity index (χ0v) is 14.2. The quantitative estimate of drug-likeness (QED) is 0.835. The van der Waals surface area contributed by atoms with E-state index in [0.29, 0.717) is 5.41 Å². The third-order valence-corrected chi connectivity index (χ3v) is 5.13. The third-order valence-electron chi connectivity index (χ3n) is 5.13. The lowest BCUT2D eigenvalue weighted by Crippen LogP contribution is -2.52. The number of nitrogens with zero attached hydrogens (tertiary/aromatic N) is 2. The van der Waals surface area contributed by atoms with Gasteiger partial charge in [0.1, 0.15) is 0 Å². The lowest BCUT2D eigenvalue weighted by atomic mass is 9.84. The largest absolute Gasteiger partial charge is 0.311 e. The van der Waals surface area contributed by atoms with Crippen molar-refractivity contribution in [1.29, 1.82) is 0 Å². The highest BCUT2D eigenvalue weighted by Crippen LogP contribution is 2.38. The maximum atomic E-state index is 3.78. The van der Waals surface area contributed by atoms with Gasteiger partial charge in [0, 0.05) is 44.8 Å². The summed E-state index contributed by atoms with van der Waals surface area (Å²) in [5.74, 6) is 0. The van der Waals surface area contributed by atoms with E-state index in [0.717, 1.165) is 0 Å². The molecule has 0 bridgehead atoms. The van der Waals surface area contributed by atoms with Crippen LogP contribution in [0.3, 0.4) is 0 Å². The van der Waals surface area contributed by atoms with E-state index in [1.54, 1.807) is 0 Å². The van der Waals surface area contributed by atoms with Crippen LogP contribution >= 0.6 is 0 Å². The van der Waals surface area contributed by atoms with Crippen molar-refractivity contribution in [2.75, 3.05) is 45.8 Å². The first-order valence-corrected chi connectivity index (χ1v) is 8.62. The first-order chi connectivity index (χ1) is 9.42. The van der Waals surface area contributed by atoms with E-state index < -0.39 is 0 Å². The van der Waals surface area contributed by atoms with Crippen molar-refractivity contribution < 1.29 is 0 Å². The number of hydrogen-bond donors (Lipinski definition) is 1. The highest BCUT2D eigenvalue weighted by Gasteiger charge is 2.36. The summed E-state index contributed by atoms with van der Waals surface area (Å²) < 4.78 is 0. The van der Waals surface area contributed by atoms with Gasteiger partial charge in [-0.05, 0) is 45.6 Å². The molecule has 0 aromatic rings. The fourth-order valence-electron chi connectivity index (χ4n) is 3.71. The normalized spacial score (nSPS) is 25.2. The van der Waals surface area contributed by atoms with Crippen molar-refractivity contribution in [2.24, 2.45) is 5.41 Å². The summed E-state index contributed by atoms with van der Waals surface area (Å²) in [6, 6.07) is 0. The van der Waals surface area contributed by atoms with Crippen molar-refractivity contribution >= 4 is 0 Å². The first-order valence-electron chi connectivity index (χ1n) is 8.62. The van der Waals surface area contributed by atoms with Gasteiger partial charge in [-0.15, -0.1) is 0 Å². The van der Waals surface area contributed by atoms with Crippen LogP contribution in [-0.4, -0.2) is 61.2 Å². The zero-order valence-electron chi connectivity index (χ0n) is 14.2. The fourth-order valence-corrected chi connectivity index (χ4v) is 3.71. The van der Waals surface area contributed by atoms with Crippen LogP contribution in [-0.2, 0) is 0 Å². The molecule has 0 unspecified atom stereocenters. The Balaban J connectivity index is 1.86. The maximum absolute atomic E-state index is 3.78. The van der Waals surface area contributed by atoms with Crippen LogP contribution in [0.5, 0.6) is 0 Å². The highest BCUT2D eigenvalue weighted by molar-refractivity contribution is 4.92. The van der Waals surface area contributed by atoms with Gasteiger partial charge in [0.2, 0.25) is 0 Å². The number of rotatable bonds is 5. The number of likely N-dealkylation sites (N-methyl/N-ethyl adjacent to an activating group) is 1. The van der Waals surface area contributed by atoms with E-state index >= 15 is 0 Å². The summed E-state index contributed by atoms with van der Waals surface area (Å²) in [5, 5.41) is 3.78. The van der Waals surface area contributed by atoms with Crippen LogP contribution in [0.15, 0.2) is 0 Å². The molecule has 0 atom stereocenters. The van der Waals surface area contributed by atoms with E-state index in [-0.39, 0.29) is 5.54 Å². The summed E-state index contributed by atoms with van der Waals surface area (Å²) in [6.07, 6.45) is 5.70. The van der Waals surface area contributed by atoms with Gasteiger partial charge in [-0.25, -0.2) is 0 Å². The second-order valence-electron chi connectivity index (χ2n) is 8.02. The molecule has 1 saturated carbocycles. The smallest absolute Gasteiger partial charge is 0.0110 e. The molecular weight excluding hydrogens is 246 g/mol. The van der Waals surface area contributed by atoms with Crippen LogP contribution in [0, 0.1) is 5.41 Å². The van der Waals surface area contributed by atoms with Gasteiger partial charge < -0.3 is 15.1 Å². The molecule has 0 aromatic carbocycles. The van der Waals surface area contributed by atoms with Gasteiger partial charge in [0.05, 0.1) is 0 Å². The lowest BCUT2D eigenvalue weighted by Gasteiger charge is -2.41. The van der Waals surface area contributed by atoms with Crippen molar-refractivity contribution in [3.8, 4) is 0 Å². The molecule has 3 nitrogen and oxygen atoms in total. The molecular formula is C17H35N3. The molecule has 0 radical (unpaired) electrons. The third kappa shape index (κ3) is 4.71. The van der Waals surface area contributed by atoms with Crippen LogP contribution in [0.2, 0.25) is 0 Å². The van der Waals surface area contributed by atoms with Gasteiger partial charge in [-0.1, -0.05) is 19.8 Å². The van der Waals surface area contributed by atoms with Gasteiger partial charge in [0.15, 0.2) is 0 Å². The average molecular weight is 281 g/mol. The second kappa shape index (κ2) is 6.76. The number of piperazine rings is 1. The van der Waals surface area contributed by atoms with Crippen LogP contribution < -0.4 is 5.32 Å². The Morgan fingerprint density at radius 3 is 2.00 bits per heavy atom. The summed E-state index contributed by atoms with van der Waals surface area (Å²) in [5.41, 5.74) is 0.790. The van der Waals surface area contributed by atoms with E-state index in [2.05, 4.69) is 42.8 Å². The SMILES string of the molecule is CCN1CCN(CC2(CNC(C)(C)C)CCCC2)CC1. The molecule has 20 heavy (non-hydrogen) atoms. The molecule has 2 rings (SSSR count). The maximum Gasteiger partial charge on any atom is 0.0110 e. The Morgan fingerprint density at radius 1 is 0.950 bits per heavy atom. The molecule has 118 valence electrons. The molecule has 1 saturated heterocycles. The highest BCUT2D eigenvalue weighted by atomic mass is 15.3. The Labute approximate surface area is 126 Å². The Bertz CT molecular complexity index is 281. The minimum atomic E-state index is 0.247. The van der Waals surface area contributed by atoms with Crippen LogP contribution in [0.4, 0.5) is 0 Å². The van der Waals surface area contributed by atoms with Gasteiger partial charge in [-0.3, -0.25) is 0 Å². The fraction of sp³-hybridized carbons (Fsp3) is 1.00. The molecule has 3 heteroatoms. The summed E-state index contributed by atoms with van der Waals surface area (Å²) >= 11 is 0. The lowest BCUT2D eigenvalue weighted by molar-refractivity contribution is 0.0843. The van der Waals surface area contributed by atoms with E-state index in [1.165, 1.54) is 71.5 Å². The van der Waals surface area contributed by atoms with Gasteiger partial charge in [-0.2, -0.15) is 0 Å². The van der Waals surface area contributed by atoms with Crippen molar-refractivity contribution in [3.05, 3.63) is 0 Å². The minimum absolute atomic E-state index is 0.247. The predicted molar refractivity (Wildman–Crippen MR) is 87.2 cm³/mol. The average Bonchev–Trinajstić information content (AvgIpc) is 2.86. The molecule has 1 N–H and O–H groups in total. The first kappa shape index (κ1) is 16.3. The minimum Gasteiger partial charge on any atom is -0.311 e. The van der Waals surface area contributed by atoms with Crippen molar-refractivity contribution in [3.63, 3.8) is 0 Å². The number of nitrogens with one attached hydrogen (secondary N) is 1. The summed E-state index contributed by atoms with van der Waals surface area (Å²) in [6.45, 7) is 17.9. The van der Waals surface area contributed by atoms with E-state index in [1.807, 2.05) is 0 Å². The molecule has 0 aromatic heterocycles. The van der Waals surface area contributed by atoms with Crippen LogP contribution in [0.1, 0.15) is 53.4 Å².